The average Bonchev–Trinajstić information content (AvgIpc) is 2.95. The van der Waals surface area contributed by atoms with Crippen LogP contribution in [0.5, 0.6) is 23.0 Å². The molecule has 3 aromatic rings. The fourth-order valence-electron chi connectivity index (χ4n) is 3.36. The molecule has 0 fully saturated rings. The van der Waals surface area contributed by atoms with Gasteiger partial charge in [-0.15, -0.1) is 0 Å². The zero-order valence-corrected chi connectivity index (χ0v) is 21.4. The van der Waals surface area contributed by atoms with Gasteiger partial charge in [0.25, 0.3) is 5.91 Å². The molecular formula is C28H29N3O7. The summed E-state index contributed by atoms with van der Waals surface area (Å²) in [6, 6.07) is 18.5. The predicted molar refractivity (Wildman–Crippen MR) is 141 cm³/mol. The van der Waals surface area contributed by atoms with Crippen LogP contribution < -0.4 is 29.7 Å². The van der Waals surface area contributed by atoms with Gasteiger partial charge in [-0.05, 0) is 60.5 Å². The van der Waals surface area contributed by atoms with E-state index in [1.54, 1.807) is 48.5 Å². The maximum atomic E-state index is 12.6. The second kappa shape index (κ2) is 14.0. The van der Waals surface area contributed by atoms with Crippen molar-refractivity contribution >= 4 is 24.0 Å². The number of carbonyl (C=O) groups excluding carboxylic acids is 3. The van der Waals surface area contributed by atoms with Crippen LogP contribution >= 0.6 is 0 Å². The summed E-state index contributed by atoms with van der Waals surface area (Å²) >= 11 is 0. The van der Waals surface area contributed by atoms with Crippen LogP contribution in [0.15, 0.2) is 71.8 Å². The third-order valence-electron chi connectivity index (χ3n) is 5.30. The van der Waals surface area contributed by atoms with Gasteiger partial charge in [-0.25, -0.2) is 10.2 Å². The van der Waals surface area contributed by atoms with Crippen LogP contribution in [0.1, 0.15) is 39.1 Å². The Balaban J connectivity index is 1.44. The van der Waals surface area contributed by atoms with Crippen LogP contribution in [0.25, 0.3) is 0 Å². The van der Waals surface area contributed by atoms with Gasteiger partial charge in [0.1, 0.15) is 5.75 Å². The summed E-state index contributed by atoms with van der Waals surface area (Å²) in [5, 5.41) is 6.71. The fraction of sp³-hybridized carbons (Fsp3) is 0.214. The van der Waals surface area contributed by atoms with Gasteiger partial charge < -0.3 is 24.3 Å². The van der Waals surface area contributed by atoms with E-state index in [9.17, 15) is 14.4 Å². The number of ether oxygens (including phenoxy) is 4. The van der Waals surface area contributed by atoms with Crippen molar-refractivity contribution in [2.24, 2.45) is 5.10 Å². The number of amides is 2. The Labute approximate surface area is 220 Å². The first-order chi connectivity index (χ1) is 18.4. The Morgan fingerprint density at radius 1 is 0.842 bits per heavy atom. The van der Waals surface area contributed by atoms with Gasteiger partial charge in [-0.2, -0.15) is 5.10 Å². The maximum absolute atomic E-state index is 12.6. The van der Waals surface area contributed by atoms with Gasteiger partial charge in [0.05, 0.1) is 33.1 Å². The summed E-state index contributed by atoms with van der Waals surface area (Å²) in [6.07, 6.45) is 2.16. The minimum absolute atomic E-state index is 0.179. The predicted octanol–water partition coefficient (Wildman–Crippen LogP) is 3.59. The average molecular weight is 520 g/mol. The number of methoxy groups -OCH3 is 3. The zero-order chi connectivity index (χ0) is 27.3. The van der Waals surface area contributed by atoms with Crippen molar-refractivity contribution in [3.63, 3.8) is 0 Å². The first kappa shape index (κ1) is 27.7. The van der Waals surface area contributed by atoms with Crippen molar-refractivity contribution in [2.45, 2.75) is 12.8 Å². The summed E-state index contributed by atoms with van der Waals surface area (Å²) in [5.74, 6) is 0.318. The molecule has 0 atom stereocenters. The number of hydrazone groups is 1. The number of rotatable bonds is 12. The van der Waals surface area contributed by atoms with E-state index >= 15 is 0 Å². The first-order valence-corrected chi connectivity index (χ1v) is 11.7. The fourth-order valence-corrected chi connectivity index (χ4v) is 3.36. The van der Waals surface area contributed by atoms with E-state index in [0.717, 1.165) is 0 Å². The second-order valence-electron chi connectivity index (χ2n) is 7.89. The molecule has 0 aliphatic rings. The Hall–Kier alpha value is -4.86. The van der Waals surface area contributed by atoms with E-state index in [1.807, 2.05) is 6.07 Å². The molecule has 3 rings (SSSR count). The van der Waals surface area contributed by atoms with Crippen LogP contribution in [-0.2, 0) is 4.79 Å². The highest BCUT2D eigenvalue weighted by atomic mass is 16.5. The number of hydrogen-bond acceptors (Lipinski definition) is 8. The van der Waals surface area contributed by atoms with E-state index in [1.165, 1.54) is 39.7 Å². The third kappa shape index (κ3) is 7.82. The van der Waals surface area contributed by atoms with E-state index in [-0.39, 0.29) is 23.8 Å². The van der Waals surface area contributed by atoms with Gasteiger partial charge in [0.2, 0.25) is 11.7 Å². The highest BCUT2D eigenvalue weighted by Crippen LogP contribution is 2.38. The lowest BCUT2D eigenvalue weighted by Crippen LogP contribution is -2.26. The van der Waals surface area contributed by atoms with Crippen molar-refractivity contribution in [2.75, 3.05) is 27.9 Å². The van der Waals surface area contributed by atoms with Crippen molar-refractivity contribution < 1.29 is 33.3 Å². The number of carbonyl (C=O) groups is 3. The molecule has 0 aliphatic heterocycles. The van der Waals surface area contributed by atoms with E-state index < -0.39 is 5.97 Å². The molecule has 0 radical (unpaired) electrons. The largest absolute Gasteiger partial charge is 0.493 e. The summed E-state index contributed by atoms with van der Waals surface area (Å²) in [7, 11) is 4.40. The van der Waals surface area contributed by atoms with Crippen molar-refractivity contribution in [3.8, 4) is 23.0 Å². The van der Waals surface area contributed by atoms with E-state index in [2.05, 4.69) is 15.8 Å². The number of nitrogens with one attached hydrogen (secondary N) is 2. The highest BCUT2D eigenvalue weighted by Gasteiger charge is 2.18. The molecule has 3 aromatic carbocycles. The molecule has 0 heterocycles. The smallest absolute Gasteiger partial charge is 0.343 e. The Morgan fingerprint density at radius 2 is 1.50 bits per heavy atom. The molecule has 0 unspecified atom stereocenters. The number of esters is 1. The molecule has 10 heteroatoms. The van der Waals surface area contributed by atoms with Crippen LogP contribution in [-0.4, -0.2) is 51.9 Å². The lowest BCUT2D eigenvalue weighted by Gasteiger charge is -2.13. The monoisotopic (exact) mass is 519 g/mol. The Kier molecular flexibility index (Phi) is 10.2. The zero-order valence-electron chi connectivity index (χ0n) is 21.4. The summed E-state index contributed by atoms with van der Waals surface area (Å²) in [4.78, 5) is 36.6. The molecule has 10 nitrogen and oxygen atoms in total. The molecule has 0 aliphatic carbocycles. The quantitative estimate of drug-likeness (QED) is 0.123. The molecule has 2 amide bonds. The van der Waals surface area contributed by atoms with Crippen LogP contribution in [0.2, 0.25) is 0 Å². The molecule has 198 valence electrons. The topological polar surface area (TPSA) is 125 Å². The van der Waals surface area contributed by atoms with Gasteiger partial charge in [-0.3, -0.25) is 9.59 Å². The molecule has 0 saturated carbocycles. The number of benzene rings is 3. The van der Waals surface area contributed by atoms with Gasteiger partial charge in [0, 0.05) is 18.5 Å². The summed E-state index contributed by atoms with van der Waals surface area (Å²) in [5.41, 5.74) is 3.94. The second-order valence-corrected chi connectivity index (χ2v) is 7.89. The minimum atomic E-state index is -0.599. The van der Waals surface area contributed by atoms with E-state index in [0.29, 0.717) is 47.1 Å². The molecule has 2 N–H and O–H groups in total. The third-order valence-corrected chi connectivity index (χ3v) is 5.30. The molecular weight excluding hydrogens is 490 g/mol. The van der Waals surface area contributed by atoms with E-state index in [4.69, 9.17) is 18.9 Å². The highest BCUT2D eigenvalue weighted by molar-refractivity contribution is 5.94. The van der Waals surface area contributed by atoms with Gasteiger partial charge >= 0.3 is 5.97 Å². The number of nitrogens with zero attached hydrogens (tertiary/aromatic N) is 1. The van der Waals surface area contributed by atoms with Crippen LogP contribution in [0.4, 0.5) is 0 Å². The Bertz CT molecular complexity index is 1250. The molecule has 0 spiro atoms. The molecule has 0 aromatic heterocycles. The van der Waals surface area contributed by atoms with Crippen LogP contribution in [0, 0.1) is 0 Å². The van der Waals surface area contributed by atoms with Gasteiger partial charge in [0.15, 0.2) is 11.5 Å². The molecule has 0 saturated heterocycles. The maximum Gasteiger partial charge on any atom is 0.343 e. The molecule has 38 heavy (non-hydrogen) atoms. The standard InChI is InChI=1S/C28H29N3O7/c1-35-23-16-21(17-24(36-2)26(23)37-3)28(34)38-22-13-11-19(12-14-22)18-30-31-25(32)10-7-15-29-27(33)20-8-5-4-6-9-20/h4-6,8-9,11-14,16-18H,7,10,15H2,1-3H3,(H,29,33)(H,31,32). The number of hydrogen-bond donors (Lipinski definition) is 2. The van der Waals surface area contributed by atoms with Crippen molar-refractivity contribution in [3.05, 3.63) is 83.4 Å². The summed E-state index contributed by atoms with van der Waals surface area (Å²) in [6.45, 7) is 0.376. The summed E-state index contributed by atoms with van der Waals surface area (Å²) < 4.78 is 21.2. The minimum Gasteiger partial charge on any atom is -0.493 e. The van der Waals surface area contributed by atoms with Crippen molar-refractivity contribution in [1.29, 1.82) is 0 Å². The molecule has 0 bridgehead atoms. The normalized spacial score (nSPS) is 10.5. The lowest BCUT2D eigenvalue weighted by atomic mass is 10.2. The lowest BCUT2D eigenvalue weighted by molar-refractivity contribution is -0.121. The first-order valence-electron chi connectivity index (χ1n) is 11.7. The SMILES string of the molecule is COc1cc(C(=O)Oc2ccc(C=NNC(=O)CCCNC(=O)c3ccccc3)cc2)cc(OC)c1OC. The van der Waals surface area contributed by atoms with Gasteiger partial charge in [-0.1, -0.05) is 18.2 Å². The van der Waals surface area contributed by atoms with Crippen LogP contribution in [0.3, 0.4) is 0 Å². The Morgan fingerprint density at radius 3 is 2.11 bits per heavy atom. The van der Waals surface area contributed by atoms with Crippen molar-refractivity contribution in [1.82, 2.24) is 10.7 Å².